The fourth-order valence-electron chi connectivity index (χ4n) is 3.01. The van der Waals surface area contributed by atoms with Crippen LogP contribution in [0.15, 0.2) is 18.2 Å². The summed E-state index contributed by atoms with van der Waals surface area (Å²) in [7, 11) is 0. The van der Waals surface area contributed by atoms with Crippen LogP contribution >= 0.6 is 0 Å². The third-order valence-corrected chi connectivity index (χ3v) is 4.14. The van der Waals surface area contributed by atoms with Crippen LogP contribution in [0.25, 0.3) is 0 Å². The van der Waals surface area contributed by atoms with Gasteiger partial charge in [0.05, 0.1) is 0 Å². The number of carbonyl (C=O) groups is 1. The van der Waals surface area contributed by atoms with E-state index in [1.54, 1.807) is 0 Å². The quantitative estimate of drug-likeness (QED) is 0.868. The summed E-state index contributed by atoms with van der Waals surface area (Å²) in [6.45, 7) is 5.82. The van der Waals surface area contributed by atoms with Crippen molar-refractivity contribution in [2.45, 2.75) is 58.4 Å². The molecule has 1 aliphatic carbocycles. The summed E-state index contributed by atoms with van der Waals surface area (Å²) in [5.74, 6) is 0.868. The van der Waals surface area contributed by atoms with Crippen LogP contribution in [0.1, 0.15) is 62.9 Å². The molecule has 0 bridgehead atoms. The number of hydrogen-bond donors (Lipinski definition) is 1. The summed E-state index contributed by atoms with van der Waals surface area (Å²) in [5.41, 5.74) is 0.559. The van der Waals surface area contributed by atoms with E-state index in [2.05, 4.69) is 24.1 Å². The maximum absolute atomic E-state index is 12.7. The zero-order valence-electron chi connectivity index (χ0n) is 13.3. The summed E-state index contributed by atoms with van der Waals surface area (Å²) in [4.78, 5) is 19.2. The maximum Gasteiger partial charge on any atom is 0.272 e. The number of amides is 1. The van der Waals surface area contributed by atoms with E-state index in [9.17, 15) is 4.79 Å². The van der Waals surface area contributed by atoms with E-state index >= 15 is 0 Å². The molecular formula is C17H27N3O. The molecule has 1 fully saturated rings. The van der Waals surface area contributed by atoms with Gasteiger partial charge in [-0.25, -0.2) is 4.98 Å². The lowest BCUT2D eigenvalue weighted by molar-refractivity contribution is 0.0642. The van der Waals surface area contributed by atoms with Crippen molar-refractivity contribution in [1.82, 2.24) is 9.88 Å². The molecule has 0 saturated heterocycles. The minimum absolute atomic E-state index is 0.0737. The number of anilines is 1. The minimum Gasteiger partial charge on any atom is -0.370 e. The van der Waals surface area contributed by atoms with Gasteiger partial charge in [-0.05, 0) is 38.3 Å². The van der Waals surface area contributed by atoms with E-state index in [-0.39, 0.29) is 5.91 Å². The average Bonchev–Trinajstić information content (AvgIpc) is 2.55. The number of nitrogens with zero attached hydrogens (tertiary/aromatic N) is 2. The van der Waals surface area contributed by atoms with Gasteiger partial charge < -0.3 is 10.2 Å². The lowest BCUT2D eigenvalue weighted by Crippen LogP contribution is -2.41. The highest BCUT2D eigenvalue weighted by Gasteiger charge is 2.25. The Morgan fingerprint density at radius 2 is 2.05 bits per heavy atom. The fourth-order valence-corrected chi connectivity index (χ4v) is 3.01. The Morgan fingerprint density at radius 3 is 2.71 bits per heavy atom. The zero-order valence-corrected chi connectivity index (χ0v) is 13.3. The van der Waals surface area contributed by atoms with E-state index in [0.717, 1.165) is 38.2 Å². The third kappa shape index (κ3) is 4.19. The molecule has 4 heteroatoms. The molecule has 116 valence electrons. The molecule has 1 aromatic rings. The monoisotopic (exact) mass is 289 g/mol. The van der Waals surface area contributed by atoms with Crippen LogP contribution in [0.2, 0.25) is 0 Å². The average molecular weight is 289 g/mol. The second kappa shape index (κ2) is 8.01. The van der Waals surface area contributed by atoms with E-state index in [1.165, 1.54) is 19.3 Å². The van der Waals surface area contributed by atoms with E-state index in [4.69, 9.17) is 0 Å². The molecule has 1 amide bonds. The van der Waals surface area contributed by atoms with E-state index in [0.29, 0.717) is 11.7 Å². The molecule has 21 heavy (non-hydrogen) atoms. The van der Waals surface area contributed by atoms with Crippen LogP contribution in [0.5, 0.6) is 0 Å². The van der Waals surface area contributed by atoms with Gasteiger partial charge in [0.15, 0.2) is 0 Å². The largest absolute Gasteiger partial charge is 0.370 e. The normalized spacial score (nSPS) is 15.7. The molecule has 0 radical (unpaired) electrons. The fraction of sp³-hybridized carbons (Fsp3) is 0.647. The number of hydrogen-bond acceptors (Lipinski definition) is 3. The van der Waals surface area contributed by atoms with Crippen molar-refractivity contribution in [3.63, 3.8) is 0 Å². The van der Waals surface area contributed by atoms with E-state index < -0.39 is 0 Å². The van der Waals surface area contributed by atoms with Crippen molar-refractivity contribution in [3.05, 3.63) is 23.9 Å². The first-order valence-electron chi connectivity index (χ1n) is 8.28. The van der Waals surface area contributed by atoms with Gasteiger partial charge in [0.25, 0.3) is 5.91 Å². The number of nitrogens with one attached hydrogen (secondary N) is 1. The molecule has 1 aliphatic rings. The molecule has 0 aromatic carbocycles. The van der Waals surface area contributed by atoms with Gasteiger partial charge in [0, 0.05) is 19.1 Å². The van der Waals surface area contributed by atoms with Gasteiger partial charge in [-0.3, -0.25) is 4.79 Å². The van der Waals surface area contributed by atoms with Crippen molar-refractivity contribution in [2.75, 3.05) is 18.4 Å². The summed E-state index contributed by atoms with van der Waals surface area (Å²) < 4.78 is 0. The van der Waals surface area contributed by atoms with Gasteiger partial charge in [-0.1, -0.05) is 32.3 Å². The van der Waals surface area contributed by atoms with Crippen LogP contribution in [0, 0.1) is 0 Å². The van der Waals surface area contributed by atoms with Gasteiger partial charge in [-0.2, -0.15) is 0 Å². The van der Waals surface area contributed by atoms with Gasteiger partial charge in [-0.15, -0.1) is 0 Å². The van der Waals surface area contributed by atoms with Crippen molar-refractivity contribution >= 4 is 11.7 Å². The Kier molecular flexibility index (Phi) is 6.03. The maximum atomic E-state index is 12.7. The SMILES string of the molecule is CCCNc1cccc(C(=O)N(CC)C2CCCCC2)n1. The molecule has 1 saturated carbocycles. The highest BCUT2D eigenvalue weighted by Crippen LogP contribution is 2.23. The second-order valence-corrected chi connectivity index (χ2v) is 5.72. The Bertz CT molecular complexity index is 455. The Morgan fingerprint density at radius 1 is 1.29 bits per heavy atom. The molecule has 2 rings (SSSR count). The van der Waals surface area contributed by atoms with E-state index in [1.807, 2.05) is 23.1 Å². The first-order valence-corrected chi connectivity index (χ1v) is 8.28. The topological polar surface area (TPSA) is 45.2 Å². The first kappa shape index (κ1) is 15.8. The lowest BCUT2D eigenvalue weighted by atomic mass is 9.94. The van der Waals surface area contributed by atoms with Gasteiger partial charge in [0.2, 0.25) is 0 Å². The molecular weight excluding hydrogens is 262 g/mol. The highest BCUT2D eigenvalue weighted by molar-refractivity contribution is 5.92. The van der Waals surface area contributed by atoms with Crippen LogP contribution in [0.4, 0.5) is 5.82 Å². The zero-order chi connectivity index (χ0) is 15.1. The number of pyridine rings is 1. The smallest absolute Gasteiger partial charge is 0.272 e. The van der Waals surface area contributed by atoms with Gasteiger partial charge in [0.1, 0.15) is 11.5 Å². The molecule has 1 N–H and O–H groups in total. The Balaban J connectivity index is 2.09. The number of carbonyl (C=O) groups excluding carboxylic acids is 1. The van der Waals surface area contributed by atoms with Crippen molar-refractivity contribution in [3.8, 4) is 0 Å². The van der Waals surface area contributed by atoms with Crippen LogP contribution in [-0.2, 0) is 0 Å². The standard InChI is InChI=1S/C17H27N3O/c1-3-13-18-16-12-8-11-15(19-16)17(21)20(4-2)14-9-6-5-7-10-14/h8,11-12,14H,3-7,9-10,13H2,1-2H3,(H,18,19). The first-order chi connectivity index (χ1) is 10.3. The van der Waals surface area contributed by atoms with Crippen LogP contribution in [-0.4, -0.2) is 34.9 Å². The Labute approximate surface area is 127 Å². The third-order valence-electron chi connectivity index (χ3n) is 4.14. The summed E-state index contributed by atoms with van der Waals surface area (Å²) in [6, 6.07) is 6.05. The van der Waals surface area contributed by atoms with Crippen molar-refractivity contribution in [2.24, 2.45) is 0 Å². The molecule has 0 aliphatic heterocycles. The summed E-state index contributed by atoms with van der Waals surface area (Å²) in [6.07, 6.45) is 7.08. The minimum atomic E-state index is 0.0737. The summed E-state index contributed by atoms with van der Waals surface area (Å²) in [5, 5.41) is 3.24. The second-order valence-electron chi connectivity index (χ2n) is 5.72. The summed E-state index contributed by atoms with van der Waals surface area (Å²) >= 11 is 0. The highest BCUT2D eigenvalue weighted by atomic mass is 16.2. The van der Waals surface area contributed by atoms with Gasteiger partial charge >= 0.3 is 0 Å². The molecule has 1 aromatic heterocycles. The molecule has 0 spiro atoms. The predicted octanol–water partition coefficient (Wildman–Crippen LogP) is 3.70. The molecule has 1 heterocycles. The molecule has 0 atom stereocenters. The van der Waals surface area contributed by atoms with Crippen LogP contribution < -0.4 is 5.32 Å². The lowest BCUT2D eigenvalue weighted by Gasteiger charge is -2.33. The van der Waals surface area contributed by atoms with Crippen molar-refractivity contribution in [1.29, 1.82) is 0 Å². The number of rotatable bonds is 6. The predicted molar refractivity (Wildman–Crippen MR) is 86.6 cm³/mol. The van der Waals surface area contributed by atoms with Crippen molar-refractivity contribution < 1.29 is 4.79 Å². The molecule has 0 unspecified atom stereocenters. The molecule has 4 nitrogen and oxygen atoms in total. The van der Waals surface area contributed by atoms with Crippen LogP contribution in [0.3, 0.4) is 0 Å². The number of aromatic nitrogens is 1. The Hall–Kier alpha value is -1.58.